The number of aliphatic carboxylic acids is 1. The van der Waals surface area contributed by atoms with Gasteiger partial charge in [-0.1, -0.05) is 54.6 Å². The van der Waals surface area contributed by atoms with Crippen molar-refractivity contribution in [2.75, 3.05) is 11.4 Å². The lowest BCUT2D eigenvalue weighted by Gasteiger charge is -2.17. The number of rotatable bonds is 7. The van der Waals surface area contributed by atoms with E-state index >= 15 is 0 Å². The number of amides is 1. The average molecular weight is 462 g/mol. The summed E-state index contributed by atoms with van der Waals surface area (Å²) in [5.74, 6) is -0.950. The normalized spacial score (nSPS) is 13.1. The van der Waals surface area contributed by atoms with Gasteiger partial charge < -0.3 is 15.7 Å². The van der Waals surface area contributed by atoms with Crippen LogP contribution in [0.15, 0.2) is 78.9 Å². The molecule has 0 radical (unpaired) electrons. The molecule has 1 aliphatic heterocycles. The molecule has 0 saturated carbocycles. The molecule has 33 heavy (non-hydrogen) atoms. The Labute approximate surface area is 198 Å². The first-order chi connectivity index (χ1) is 15.4. The molecular formula is C26H24ClN3O3. The Balaban J connectivity index is 0.00000306. The largest absolute Gasteiger partial charge is 0.481 e. The van der Waals surface area contributed by atoms with E-state index in [-0.39, 0.29) is 30.6 Å². The molecule has 168 valence electrons. The molecule has 4 N–H and O–H groups in total. The van der Waals surface area contributed by atoms with Crippen molar-refractivity contribution in [3.8, 4) is 0 Å². The van der Waals surface area contributed by atoms with Crippen LogP contribution in [0.3, 0.4) is 0 Å². The van der Waals surface area contributed by atoms with Gasteiger partial charge in [-0.15, -0.1) is 12.4 Å². The summed E-state index contributed by atoms with van der Waals surface area (Å²) in [6, 6.07) is 24.4. The zero-order valence-corrected chi connectivity index (χ0v) is 18.6. The van der Waals surface area contributed by atoms with Crippen LogP contribution >= 0.6 is 12.4 Å². The predicted molar refractivity (Wildman–Crippen MR) is 133 cm³/mol. The number of amidine groups is 1. The molecule has 0 atom stereocenters. The minimum Gasteiger partial charge on any atom is -0.481 e. The van der Waals surface area contributed by atoms with Gasteiger partial charge in [0.15, 0.2) is 0 Å². The van der Waals surface area contributed by atoms with Crippen LogP contribution in [0.1, 0.15) is 28.7 Å². The van der Waals surface area contributed by atoms with E-state index in [1.54, 1.807) is 29.2 Å². The maximum atomic E-state index is 13.5. The fourth-order valence-corrected chi connectivity index (χ4v) is 3.86. The van der Waals surface area contributed by atoms with E-state index < -0.39 is 5.97 Å². The number of halogens is 1. The van der Waals surface area contributed by atoms with Gasteiger partial charge in [0.25, 0.3) is 5.91 Å². The van der Waals surface area contributed by atoms with E-state index in [1.165, 1.54) is 0 Å². The van der Waals surface area contributed by atoms with Crippen LogP contribution in [0.2, 0.25) is 0 Å². The Bertz CT molecular complexity index is 1200. The van der Waals surface area contributed by atoms with Crippen LogP contribution in [0, 0.1) is 5.41 Å². The van der Waals surface area contributed by atoms with Crippen molar-refractivity contribution in [2.45, 2.75) is 12.8 Å². The Kier molecular flexibility index (Phi) is 7.30. The Morgan fingerprint density at radius 2 is 1.58 bits per heavy atom. The summed E-state index contributed by atoms with van der Waals surface area (Å²) in [5, 5.41) is 16.5. The number of carbonyl (C=O) groups is 2. The lowest BCUT2D eigenvalue weighted by atomic mass is 9.95. The first-order valence-corrected chi connectivity index (χ1v) is 10.3. The molecule has 1 amide bonds. The summed E-state index contributed by atoms with van der Waals surface area (Å²) in [7, 11) is 0. The van der Waals surface area contributed by atoms with Crippen LogP contribution < -0.4 is 10.6 Å². The van der Waals surface area contributed by atoms with Crippen LogP contribution in [0.4, 0.5) is 5.69 Å². The van der Waals surface area contributed by atoms with Crippen molar-refractivity contribution in [3.63, 3.8) is 0 Å². The molecule has 0 fully saturated rings. The lowest BCUT2D eigenvalue weighted by Crippen LogP contribution is -2.26. The molecule has 3 aromatic carbocycles. The molecule has 7 heteroatoms. The number of benzene rings is 3. The van der Waals surface area contributed by atoms with Gasteiger partial charge in [0.1, 0.15) is 5.84 Å². The summed E-state index contributed by atoms with van der Waals surface area (Å²) in [5.41, 5.74) is 11.2. The molecule has 0 aromatic heterocycles. The molecule has 0 saturated heterocycles. The van der Waals surface area contributed by atoms with Gasteiger partial charge in [-0.05, 0) is 52.9 Å². The second kappa shape index (κ2) is 10.1. The predicted octanol–water partition coefficient (Wildman–Crippen LogP) is 4.37. The summed E-state index contributed by atoms with van der Waals surface area (Å²) in [4.78, 5) is 26.1. The maximum absolute atomic E-state index is 13.5. The molecule has 4 rings (SSSR count). The topological polar surface area (TPSA) is 107 Å². The number of hydrogen-bond donors (Lipinski definition) is 3. The van der Waals surface area contributed by atoms with Crippen LogP contribution in [-0.4, -0.2) is 29.4 Å². The highest BCUT2D eigenvalue weighted by molar-refractivity contribution is 6.36. The van der Waals surface area contributed by atoms with Crippen molar-refractivity contribution in [1.82, 2.24) is 0 Å². The second-order valence-corrected chi connectivity index (χ2v) is 7.66. The number of nitrogens with one attached hydrogen (secondary N) is 1. The number of nitrogen functional groups attached to an aromatic ring is 1. The molecule has 1 heterocycles. The number of aryl methyl sites for hydroxylation is 1. The van der Waals surface area contributed by atoms with Crippen molar-refractivity contribution >= 4 is 47.0 Å². The van der Waals surface area contributed by atoms with Gasteiger partial charge in [-0.25, -0.2) is 0 Å². The van der Waals surface area contributed by atoms with Crippen molar-refractivity contribution in [2.24, 2.45) is 5.73 Å². The Hall–Kier alpha value is -3.90. The highest BCUT2D eigenvalue weighted by atomic mass is 35.5. The highest BCUT2D eigenvalue weighted by Gasteiger charge is 2.32. The first-order valence-electron chi connectivity index (χ1n) is 10.3. The minimum atomic E-state index is -0.833. The van der Waals surface area contributed by atoms with E-state index in [1.807, 2.05) is 54.6 Å². The maximum Gasteiger partial charge on any atom is 0.303 e. The van der Waals surface area contributed by atoms with Gasteiger partial charge in [0.2, 0.25) is 0 Å². The molecule has 0 bridgehead atoms. The first kappa shape index (κ1) is 23.8. The SMILES string of the molecule is Cl.N=C(N)c1ccc(N2CC(c3ccccc3)=C(c3ccc(CCC(=O)O)cc3)C2=O)cc1. The summed E-state index contributed by atoms with van der Waals surface area (Å²) in [6.07, 6.45) is 0.517. The number of nitrogens with zero attached hydrogens (tertiary/aromatic N) is 1. The molecule has 1 aliphatic rings. The van der Waals surface area contributed by atoms with E-state index in [9.17, 15) is 9.59 Å². The Morgan fingerprint density at radius 3 is 2.15 bits per heavy atom. The summed E-state index contributed by atoms with van der Waals surface area (Å²) >= 11 is 0. The van der Waals surface area contributed by atoms with E-state index in [2.05, 4.69) is 0 Å². The second-order valence-electron chi connectivity index (χ2n) is 7.66. The van der Waals surface area contributed by atoms with Crippen molar-refractivity contribution in [3.05, 3.63) is 101 Å². The molecule has 3 aromatic rings. The fourth-order valence-electron chi connectivity index (χ4n) is 3.86. The Morgan fingerprint density at radius 1 is 0.939 bits per heavy atom. The van der Waals surface area contributed by atoms with E-state index in [0.29, 0.717) is 24.1 Å². The van der Waals surface area contributed by atoms with Crippen molar-refractivity contribution < 1.29 is 14.7 Å². The molecule has 0 spiro atoms. The van der Waals surface area contributed by atoms with Crippen LogP contribution in [-0.2, 0) is 16.0 Å². The van der Waals surface area contributed by atoms with Crippen LogP contribution in [0.25, 0.3) is 11.1 Å². The minimum absolute atomic E-state index is 0. The molecule has 0 aliphatic carbocycles. The number of nitrogens with two attached hydrogens (primary N) is 1. The van der Waals surface area contributed by atoms with Crippen LogP contribution in [0.5, 0.6) is 0 Å². The number of carbonyl (C=O) groups excluding carboxylic acids is 1. The number of anilines is 1. The smallest absolute Gasteiger partial charge is 0.303 e. The van der Waals surface area contributed by atoms with Gasteiger partial charge in [0, 0.05) is 17.7 Å². The molecule has 6 nitrogen and oxygen atoms in total. The van der Waals surface area contributed by atoms with E-state index in [0.717, 1.165) is 28.0 Å². The van der Waals surface area contributed by atoms with Crippen molar-refractivity contribution in [1.29, 1.82) is 5.41 Å². The number of carboxylic acid groups (broad SMARTS) is 1. The lowest BCUT2D eigenvalue weighted by molar-refractivity contribution is -0.137. The third-order valence-electron chi connectivity index (χ3n) is 5.56. The quantitative estimate of drug-likeness (QED) is 0.358. The summed E-state index contributed by atoms with van der Waals surface area (Å²) < 4.78 is 0. The third-order valence-corrected chi connectivity index (χ3v) is 5.56. The molecule has 0 unspecified atom stereocenters. The highest BCUT2D eigenvalue weighted by Crippen LogP contribution is 2.37. The zero-order chi connectivity index (χ0) is 22.7. The fraction of sp³-hybridized carbons (Fsp3) is 0.115. The molecular weight excluding hydrogens is 438 g/mol. The summed E-state index contributed by atoms with van der Waals surface area (Å²) in [6.45, 7) is 0.429. The standard InChI is InChI=1S/C26H23N3O3.ClH/c27-25(28)20-11-13-21(14-12-20)29-16-22(18-4-2-1-3-5-18)24(26(29)32)19-9-6-17(7-10-19)8-15-23(30)31;/h1-7,9-14H,8,15-16H2,(H3,27,28)(H,30,31);1H. The zero-order valence-electron chi connectivity index (χ0n) is 17.8. The van der Waals surface area contributed by atoms with Gasteiger partial charge in [0.05, 0.1) is 12.1 Å². The van der Waals surface area contributed by atoms with E-state index in [4.69, 9.17) is 16.2 Å². The van der Waals surface area contributed by atoms with Gasteiger partial charge in [-0.3, -0.25) is 15.0 Å². The van der Waals surface area contributed by atoms with Gasteiger partial charge in [-0.2, -0.15) is 0 Å². The number of hydrogen-bond acceptors (Lipinski definition) is 3. The number of carboxylic acids is 1. The monoisotopic (exact) mass is 461 g/mol. The van der Waals surface area contributed by atoms with Gasteiger partial charge >= 0.3 is 5.97 Å². The third kappa shape index (κ3) is 5.13. The average Bonchev–Trinajstić information content (AvgIpc) is 3.15.